The lowest BCUT2D eigenvalue weighted by Gasteiger charge is -2.13. The number of nitrogens with two attached hydrogens (primary N) is 2. The molecular formula is C21H16N6O2. The van der Waals surface area contributed by atoms with E-state index < -0.39 is 0 Å². The molecule has 4 rings (SSSR count). The summed E-state index contributed by atoms with van der Waals surface area (Å²) in [6.07, 6.45) is 0. The number of hydrogen-bond acceptors (Lipinski definition) is 8. The third kappa shape index (κ3) is 3.33. The lowest BCUT2D eigenvalue weighted by molar-refractivity contribution is 0.611. The van der Waals surface area contributed by atoms with Crippen LogP contribution in [0.5, 0.6) is 0 Å². The van der Waals surface area contributed by atoms with Gasteiger partial charge in [0.1, 0.15) is 28.8 Å². The van der Waals surface area contributed by atoms with Gasteiger partial charge in [-0.3, -0.25) is 4.79 Å². The second-order valence-electron chi connectivity index (χ2n) is 6.26. The molecule has 142 valence electrons. The molecule has 0 bridgehead atoms. The predicted molar refractivity (Wildman–Crippen MR) is 111 cm³/mol. The topological polar surface area (TPSA) is 144 Å². The average Bonchev–Trinajstić information content (AvgIpc) is 2.73. The van der Waals surface area contributed by atoms with Gasteiger partial charge in [-0.1, -0.05) is 42.5 Å². The summed E-state index contributed by atoms with van der Waals surface area (Å²) in [6, 6.07) is 18.3. The molecule has 5 N–H and O–H groups in total. The van der Waals surface area contributed by atoms with Crippen molar-refractivity contribution in [2.24, 2.45) is 0 Å². The number of para-hydroxylation sites is 1. The molecule has 8 heteroatoms. The lowest BCUT2D eigenvalue weighted by atomic mass is 10.0. The highest BCUT2D eigenvalue weighted by Crippen LogP contribution is 2.27. The monoisotopic (exact) mass is 384 g/mol. The van der Waals surface area contributed by atoms with E-state index in [4.69, 9.17) is 15.9 Å². The van der Waals surface area contributed by atoms with Crippen LogP contribution < -0.4 is 22.2 Å². The SMILES string of the molecule is N#Cc1c(N)nc(N)nc1NCc1c(-c2ccccc2)oc2ccccc2c1=O. The number of nitrogens with zero attached hydrogens (tertiary/aromatic N) is 3. The Morgan fingerprint density at radius 3 is 2.52 bits per heavy atom. The molecule has 0 aliphatic carbocycles. The fraction of sp³-hybridized carbons (Fsp3) is 0.0476. The highest BCUT2D eigenvalue weighted by atomic mass is 16.3. The van der Waals surface area contributed by atoms with Gasteiger partial charge in [-0.25, -0.2) is 0 Å². The fourth-order valence-corrected chi connectivity index (χ4v) is 3.07. The van der Waals surface area contributed by atoms with E-state index in [1.54, 1.807) is 18.2 Å². The van der Waals surface area contributed by atoms with Gasteiger partial charge in [-0.05, 0) is 12.1 Å². The number of anilines is 3. The van der Waals surface area contributed by atoms with Gasteiger partial charge >= 0.3 is 0 Å². The Labute approximate surface area is 165 Å². The number of nitrogens with one attached hydrogen (secondary N) is 1. The van der Waals surface area contributed by atoms with E-state index in [1.807, 2.05) is 42.5 Å². The number of nitrogen functional groups attached to an aromatic ring is 2. The van der Waals surface area contributed by atoms with Crippen LogP contribution in [0.2, 0.25) is 0 Å². The maximum absolute atomic E-state index is 13.2. The van der Waals surface area contributed by atoms with Gasteiger partial charge in [0, 0.05) is 12.1 Å². The summed E-state index contributed by atoms with van der Waals surface area (Å²) in [5.41, 5.74) is 12.9. The number of nitriles is 1. The van der Waals surface area contributed by atoms with Gasteiger partial charge in [0.25, 0.3) is 0 Å². The normalized spacial score (nSPS) is 10.6. The first-order valence-corrected chi connectivity index (χ1v) is 8.75. The molecule has 29 heavy (non-hydrogen) atoms. The maximum Gasteiger partial charge on any atom is 0.224 e. The second kappa shape index (κ2) is 7.32. The minimum Gasteiger partial charge on any atom is -0.455 e. The van der Waals surface area contributed by atoms with Gasteiger partial charge in [0.2, 0.25) is 5.95 Å². The van der Waals surface area contributed by atoms with Gasteiger partial charge < -0.3 is 21.2 Å². The Hall–Kier alpha value is -4.38. The van der Waals surface area contributed by atoms with Gasteiger partial charge in [-0.15, -0.1) is 0 Å². The molecule has 0 amide bonds. The van der Waals surface area contributed by atoms with Crippen molar-refractivity contribution >= 4 is 28.6 Å². The van der Waals surface area contributed by atoms with Crippen molar-refractivity contribution < 1.29 is 4.42 Å². The van der Waals surface area contributed by atoms with E-state index in [1.165, 1.54) is 0 Å². The summed E-state index contributed by atoms with van der Waals surface area (Å²) in [6.45, 7) is 0.0575. The van der Waals surface area contributed by atoms with Crippen LogP contribution in [0, 0.1) is 11.3 Å². The number of hydrogen-bond donors (Lipinski definition) is 3. The quantitative estimate of drug-likeness (QED) is 0.487. The molecule has 0 unspecified atom stereocenters. The third-order valence-corrected chi connectivity index (χ3v) is 4.43. The first-order chi connectivity index (χ1) is 14.1. The third-order valence-electron chi connectivity index (χ3n) is 4.43. The van der Waals surface area contributed by atoms with Crippen LogP contribution in [0.3, 0.4) is 0 Å². The van der Waals surface area contributed by atoms with Crippen LogP contribution in [-0.2, 0) is 6.54 Å². The van der Waals surface area contributed by atoms with Crippen molar-refractivity contribution in [1.29, 1.82) is 5.26 Å². The molecule has 0 fully saturated rings. The summed E-state index contributed by atoms with van der Waals surface area (Å²) in [7, 11) is 0. The Balaban J connectivity index is 1.85. The van der Waals surface area contributed by atoms with Crippen LogP contribution in [0.15, 0.2) is 63.8 Å². The smallest absolute Gasteiger partial charge is 0.224 e. The molecule has 0 saturated heterocycles. The highest BCUT2D eigenvalue weighted by Gasteiger charge is 2.17. The Bertz CT molecular complexity index is 1310. The van der Waals surface area contributed by atoms with E-state index in [0.29, 0.717) is 22.3 Å². The molecule has 0 aliphatic heterocycles. The van der Waals surface area contributed by atoms with Crippen LogP contribution in [0.4, 0.5) is 17.6 Å². The van der Waals surface area contributed by atoms with E-state index in [2.05, 4.69) is 15.3 Å². The highest BCUT2D eigenvalue weighted by molar-refractivity contribution is 5.80. The molecule has 0 saturated carbocycles. The van der Waals surface area contributed by atoms with E-state index in [0.717, 1.165) is 5.56 Å². The summed E-state index contributed by atoms with van der Waals surface area (Å²) in [4.78, 5) is 21.0. The Kier molecular flexibility index (Phi) is 4.55. The van der Waals surface area contributed by atoms with E-state index in [9.17, 15) is 10.1 Å². The van der Waals surface area contributed by atoms with Crippen molar-refractivity contribution in [3.05, 3.63) is 75.9 Å². The first kappa shape index (κ1) is 18.0. The molecule has 2 aromatic heterocycles. The molecule has 8 nitrogen and oxygen atoms in total. The van der Waals surface area contributed by atoms with Crippen molar-refractivity contribution in [2.75, 3.05) is 16.8 Å². The molecule has 0 radical (unpaired) electrons. The van der Waals surface area contributed by atoms with Gasteiger partial charge in [0.15, 0.2) is 11.2 Å². The van der Waals surface area contributed by atoms with Crippen molar-refractivity contribution in [3.63, 3.8) is 0 Å². The average molecular weight is 384 g/mol. The summed E-state index contributed by atoms with van der Waals surface area (Å²) < 4.78 is 6.07. The molecule has 2 aromatic carbocycles. The van der Waals surface area contributed by atoms with Crippen LogP contribution in [0.1, 0.15) is 11.1 Å². The molecule has 0 atom stereocenters. The Morgan fingerprint density at radius 2 is 1.76 bits per heavy atom. The molecule has 2 heterocycles. The zero-order chi connectivity index (χ0) is 20.4. The predicted octanol–water partition coefficient (Wildman–Crippen LogP) is 2.90. The van der Waals surface area contributed by atoms with Crippen LogP contribution in [-0.4, -0.2) is 9.97 Å². The molecule has 0 aliphatic rings. The minimum atomic E-state index is -0.174. The molecule has 4 aromatic rings. The number of aromatic nitrogens is 2. The standard InChI is InChI=1S/C21H16N6O2/c22-10-14-19(23)26-21(24)27-20(14)25-11-15-17(28)13-8-4-5-9-16(13)29-18(15)12-6-2-1-3-7-12/h1-9H,11H2,(H5,23,24,25,26,27). The molecular weight excluding hydrogens is 368 g/mol. The van der Waals surface area contributed by atoms with Crippen LogP contribution >= 0.6 is 0 Å². The Morgan fingerprint density at radius 1 is 1.03 bits per heavy atom. The molecule has 0 spiro atoms. The number of fused-ring (bicyclic) bond motifs is 1. The maximum atomic E-state index is 13.2. The summed E-state index contributed by atoms with van der Waals surface area (Å²) in [5, 5.41) is 12.8. The van der Waals surface area contributed by atoms with Crippen molar-refractivity contribution in [3.8, 4) is 17.4 Å². The second-order valence-corrected chi connectivity index (χ2v) is 6.26. The van der Waals surface area contributed by atoms with E-state index in [-0.39, 0.29) is 35.1 Å². The summed E-state index contributed by atoms with van der Waals surface area (Å²) >= 11 is 0. The first-order valence-electron chi connectivity index (χ1n) is 8.75. The minimum absolute atomic E-state index is 0.0312. The van der Waals surface area contributed by atoms with Gasteiger partial charge in [0.05, 0.1) is 10.9 Å². The zero-order valence-electron chi connectivity index (χ0n) is 15.2. The van der Waals surface area contributed by atoms with Crippen molar-refractivity contribution in [1.82, 2.24) is 9.97 Å². The summed E-state index contributed by atoms with van der Waals surface area (Å²) in [5.74, 6) is 0.494. The van der Waals surface area contributed by atoms with Crippen LogP contribution in [0.25, 0.3) is 22.3 Å². The van der Waals surface area contributed by atoms with Crippen molar-refractivity contribution in [2.45, 2.75) is 6.54 Å². The zero-order valence-corrected chi connectivity index (χ0v) is 15.2. The fourth-order valence-electron chi connectivity index (χ4n) is 3.07. The number of benzene rings is 2. The lowest BCUT2D eigenvalue weighted by Crippen LogP contribution is -2.17. The van der Waals surface area contributed by atoms with Gasteiger partial charge in [-0.2, -0.15) is 15.2 Å². The number of rotatable bonds is 4. The largest absolute Gasteiger partial charge is 0.455 e. The van der Waals surface area contributed by atoms with E-state index >= 15 is 0 Å².